The molecule has 6 nitrogen and oxygen atoms in total. The van der Waals surface area contributed by atoms with Crippen LogP contribution in [0.2, 0.25) is 0 Å². The number of sulfonamides is 1. The lowest BCUT2D eigenvalue weighted by molar-refractivity contribution is -0.0494. The summed E-state index contributed by atoms with van der Waals surface area (Å²) in [6, 6.07) is 7.88. The molecule has 0 atom stereocenters. The van der Waals surface area contributed by atoms with E-state index in [9.17, 15) is 21.6 Å². The first-order valence-electron chi connectivity index (χ1n) is 9.37. The van der Waals surface area contributed by atoms with Gasteiger partial charge in [0.25, 0.3) is 0 Å². The second-order valence-corrected chi connectivity index (χ2v) is 8.52. The number of nitrogens with zero attached hydrogens (tertiary/aromatic N) is 2. The second kappa shape index (κ2) is 11.3. The molecule has 11 heteroatoms. The Morgan fingerprint density at radius 3 is 2.28 bits per heavy atom. The molecular formula is C18H28F3IN4O2S. The van der Waals surface area contributed by atoms with Crippen molar-refractivity contribution in [2.24, 2.45) is 4.99 Å². The van der Waals surface area contributed by atoms with Crippen LogP contribution >= 0.6 is 24.0 Å². The van der Waals surface area contributed by atoms with E-state index in [1.807, 2.05) is 25.1 Å². The molecule has 2 rings (SSSR count). The van der Waals surface area contributed by atoms with Gasteiger partial charge >= 0.3 is 15.5 Å². The number of benzene rings is 1. The van der Waals surface area contributed by atoms with Gasteiger partial charge in [0.1, 0.15) is 0 Å². The molecular weight excluding hydrogens is 520 g/mol. The lowest BCUT2D eigenvalue weighted by atomic mass is 10.1. The SMILES string of the molecule is CCNC(=NCc1ccccc1CC)NC1CCN(S(=O)(=O)C(F)(F)F)CC1.I. The number of hydrogen-bond acceptors (Lipinski definition) is 3. The van der Waals surface area contributed by atoms with E-state index >= 15 is 0 Å². The summed E-state index contributed by atoms with van der Waals surface area (Å²) >= 11 is 0. The van der Waals surface area contributed by atoms with Crippen LogP contribution in [0.4, 0.5) is 13.2 Å². The minimum absolute atomic E-state index is 0. The molecule has 1 aliphatic heterocycles. The lowest BCUT2D eigenvalue weighted by Gasteiger charge is -2.32. The van der Waals surface area contributed by atoms with Crippen molar-refractivity contribution in [2.45, 2.75) is 51.2 Å². The van der Waals surface area contributed by atoms with Crippen LogP contribution in [0.15, 0.2) is 29.3 Å². The summed E-state index contributed by atoms with van der Waals surface area (Å²) in [5, 5.41) is 6.34. The van der Waals surface area contributed by atoms with E-state index in [0.29, 0.717) is 23.4 Å². The van der Waals surface area contributed by atoms with E-state index in [0.717, 1.165) is 12.0 Å². The van der Waals surface area contributed by atoms with Gasteiger partial charge in [-0.1, -0.05) is 31.2 Å². The van der Waals surface area contributed by atoms with E-state index in [4.69, 9.17) is 0 Å². The molecule has 1 fully saturated rings. The van der Waals surface area contributed by atoms with E-state index in [-0.39, 0.29) is 55.9 Å². The van der Waals surface area contributed by atoms with Crippen LogP contribution in [0.5, 0.6) is 0 Å². The summed E-state index contributed by atoms with van der Waals surface area (Å²) in [7, 11) is -5.26. The van der Waals surface area contributed by atoms with Crippen LogP contribution in [-0.2, 0) is 23.0 Å². The molecule has 29 heavy (non-hydrogen) atoms. The molecule has 1 aromatic rings. The first-order chi connectivity index (χ1) is 13.2. The summed E-state index contributed by atoms with van der Waals surface area (Å²) in [4.78, 5) is 4.58. The summed E-state index contributed by atoms with van der Waals surface area (Å²) in [6.45, 7) is 4.79. The van der Waals surface area contributed by atoms with Crippen LogP contribution in [-0.4, -0.2) is 49.9 Å². The van der Waals surface area contributed by atoms with E-state index < -0.39 is 15.5 Å². The quantitative estimate of drug-likeness (QED) is 0.326. The predicted octanol–water partition coefficient (Wildman–Crippen LogP) is 3.24. The number of alkyl halides is 3. The number of aryl methyl sites for hydroxylation is 1. The van der Waals surface area contributed by atoms with E-state index in [1.165, 1.54) is 5.56 Å². The second-order valence-electron chi connectivity index (χ2n) is 6.59. The molecule has 0 bridgehead atoms. The van der Waals surface area contributed by atoms with Gasteiger partial charge in [0.05, 0.1) is 6.54 Å². The molecule has 0 aliphatic carbocycles. The molecule has 1 heterocycles. The minimum atomic E-state index is -5.26. The first kappa shape index (κ1) is 26.0. The fourth-order valence-corrected chi connectivity index (χ4v) is 4.11. The molecule has 1 saturated heterocycles. The topological polar surface area (TPSA) is 73.8 Å². The molecule has 0 unspecified atom stereocenters. The third kappa shape index (κ3) is 6.99. The Morgan fingerprint density at radius 1 is 1.17 bits per heavy atom. The molecule has 1 aromatic carbocycles. The smallest absolute Gasteiger partial charge is 0.357 e. The average molecular weight is 548 g/mol. The highest BCUT2D eigenvalue weighted by Crippen LogP contribution is 2.28. The third-order valence-electron chi connectivity index (χ3n) is 4.68. The average Bonchev–Trinajstić information content (AvgIpc) is 2.66. The van der Waals surface area contributed by atoms with E-state index in [1.54, 1.807) is 0 Å². The van der Waals surface area contributed by atoms with Crippen LogP contribution in [0.25, 0.3) is 0 Å². The van der Waals surface area contributed by atoms with Crippen molar-refractivity contribution in [1.29, 1.82) is 0 Å². The van der Waals surface area contributed by atoms with Crippen LogP contribution in [0, 0.1) is 0 Å². The van der Waals surface area contributed by atoms with Gasteiger partial charge in [-0.2, -0.15) is 17.5 Å². The van der Waals surface area contributed by atoms with Gasteiger partial charge in [0.2, 0.25) is 0 Å². The van der Waals surface area contributed by atoms with Gasteiger partial charge in [0.15, 0.2) is 5.96 Å². The van der Waals surface area contributed by atoms with Crippen LogP contribution < -0.4 is 10.6 Å². The Labute approximate surface area is 187 Å². The van der Waals surface area contributed by atoms with Crippen molar-refractivity contribution in [3.05, 3.63) is 35.4 Å². The number of halogens is 4. The number of nitrogens with one attached hydrogen (secondary N) is 2. The highest BCUT2D eigenvalue weighted by molar-refractivity contribution is 14.0. The highest BCUT2D eigenvalue weighted by atomic mass is 127. The van der Waals surface area contributed by atoms with Crippen molar-refractivity contribution in [2.75, 3.05) is 19.6 Å². The standard InChI is InChI=1S/C18H27F3N4O2S.HI/c1-3-14-7-5-6-8-15(14)13-23-17(22-4-2)24-16-9-11-25(12-10-16)28(26,27)18(19,20)21;/h5-8,16H,3-4,9-13H2,1-2H3,(H2,22,23,24);1H. The molecule has 0 aromatic heterocycles. The molecule has 166 valence electrons. The fourth-order valence-electron chi connectivity index (χ4n) is 3.12. The Morgan fingerprint density at radius 2 is 1.76 bits per heavy atom. The molecule has 0 spiro atoms. The summed E-state index contributed by atoms with van der Waals surface area (Å²) in [5.74, 6) is 0.575. The van der Waals surface area contributed by atoms with Crippen LogP contribution in [0.1, 0.15) is 37.8 Å². The predicted molar refractivity (Wildman–Crippen MR) is 119 cm³/mol. The van der Waals surface area contributed by atoms with Gasteiger partial charge in [-0.15, -0.1) is 24.0 Å². The Hall–Kier alpha value is -1.08. The number of hydrogen-bond donors (Lipinski definition) is 2. The van der Waals surface area contributed by atoms with Crippen molar-refractivity contribution in [1.82, 2.24) is 14.9 Å². The Bertz CT molecular complexity index is 780. The van der Waals surface area contributed by atoms with Gasteiger partial charge in [-0.25, -0.2) is 13.4 Å². The van der Waals surface area contributed by atoms with Crippen molar-refractivity contribution in [3.63, 3.8) is 0 Å². The monoisotopic (exact) mass is 548 g/mol. The third-order valence-corrected chi connectivity index (χ3v) is 6.31. The van der Waals surface area contributed by atoms with Gasteiger partial charge in [-0.05, 0) is 37.3 Å². The zero-order chi connectivity index (χ0) is 20.8. The fraction of sp³-hybridized carbons (Fsp3) is 0.611. The summed E-state index contributed by atoms with van der Waals surface area (Å²) < 4.78 is 61.5. The summed E-state index contributed by atoms with van der Waals surface area (Å²) in [6.07, 6.45) is 1.47. The molecule has 0 saturated carbocycles. The maximum absolute atomic E-state index is 12.7. The highest BCUT2D eigenvalue weighted by Gasteiger charge is 2.50. The number of guanidine groups is 1. The zero-order valence-corrected chi connectivity index (χ0v) is 19.6. The van der Waals surface area contributed by atoms with Gasteiger partial charge < -0.3 is 10.6 Å². The maximum atomic E-state index is 12.7. The first-order valence-corrected chi connectivity index (χ1v) is 10.8. The maximum Gasteiger partial charge on any atom is 0.511 e. The number of aliphatic imine (C=N–C) groups is 1. The number of piperidine rings is 1. The Balaban J connectivity index is 0.00000420. The molecule has 1 aliphatic rings. The van der Waals surface area contributed by atoms with Crippen molar-refractivity contribution in [3.8, 4) is 0 Å². The van der Waals surface area contributed by atoms with Crippen molar-refractivity contribution >= 4 is 40.0 Å². The van der Waals surface area contributed by atoms with Gasteiger partial charge in [0, 0.05) is 25.7 Å². The lowest BCUT2D eigenvalue weighted by Crippen LogP contribution is -2.51. The van der Waals surface area contributed by atoms with Gasteiger partial charge in [-0.3, -0.25) is 0 Å². The molecule has 0 amide bonds. The Kier molecular flexibility index (Phi) is 10.2. The molecule has 2 N–H and O–H groups in total. The normalized spacial score (nSPS) is 16.9. The van der Waals surface area contributed by atoms with Crippen LogP contribution in [0.3, 0.4) is 0 Å². The number of rotatable bonds is 6. The molecule has 0 radical (unpaired) electrons. The van der Waals surface area contributed by atoms with E-state index in [2.05, 4.69) is 28.6 Å². The zero-order valence-electron chi connectivity index (χ0n) is 16.5. The largest absolute Gasteiger partial charge is 0.511 e. The minimum Gasteiger partial charge on any atom is -0.357 e. The summed E-state index contributed by atoms with van der Waals surface area (Å²) in [5.41, 5.74) is -2.92. The van der Waals surface area contributed by atoms with Crippen molar-refractivity contribution < 1.29 is 21.6 Å².